The lowest BCUT2D eigenvalue weighted by atomic mass is 9.97. The third-order valence-corrected chi connectivity index (χ3v) is 4.05. The summed E-state index contributed by atoms with van der Waals surface area (Å²) >= 11 is 3.35. The van der Waals surface area contributed by atoms with Crippen LogP contribution < -0.4 is 5.32 Å². The Hall–Kier alpha value is -1.26. The summed E-state index contributed by atoms with van der Waals surface area (Å²) in [6.07, 6.45) is 0.581. The van der Waals surface area contributed by atoms with E-state index in [-0.39, 0.29) is 17.7 Å². The van der Waals surface area contributed by atoms with Crippen molar-refractivity contribution in [1.82, 2.24) is 5.32 Å². The average Bonchev–Trinajstić information content (AvgIpc) is 2.41. The van der Waals surface area contributed by atoms with Crippen LogP contribution in [0.1, 0.15) is 22.7 Å². The molecule has 0 saturated heterocycles. The van der Waals surface area contributed by atoms with Gasteiger partial charge in [-0.25, -0.2) is 8.78 Å². The van der Waals surface area contributed by atoms with Gasteiger partial charge in [-0.15, -0.1) is 0 Å². The fourth-order valence-corrected chi connectivity index (χ4v) is 2.72. The lowest BCUT2D eigenvalue weighted by molar-refractivity contribution is 0.532. The maximum absolute atomic E-state index is 14.0. The van der Waals surface area contributed by atoms with Gasteiger partial charge < -0.3 is 5.32 Å². The number of nitrogens with one attached hydrogen (secondary N) is 1. The number of benzene rings is 2. The van der Waals surface area contributed by atoms with Gasteiger partial charge in [0.2, 0.25) is 0 Å². The van der Waals surface area contributed by atoms with E-state index in [4.69, 9.17) is 0 Å². The molecule has 0 spiro atoms. The van der Waals surface area contributed by atoms with Crippen LogP contribution >= 0.6 is 15.9 Å². The van der Waals surface area contributed by atoms with Gasteiger partial charge in [0.25, 0.3) is 0 Å². The van der Waals surface area contributed by atoms with Crippen LogP contribution in [0, 0.1) is 18.6 Å². The molecule has 1 atom stereocenters. The highest BCUT2D eigenvalue weighted by Crippen LogP contribution is 2.26. The zero-order valence-corrected chi connectivity index (χ0v) is 13.0. The first-order chi connectivity index (χ1) is 9.51. The van der Waals surface area contributed by atoms with Gasteiger partial charge in [-0.2, -0.15) is 0 Å². The minimum absolute atomic E-state index is 0.156. The number of likely N-dealkylation sites (N-methyl/N-ethyl adjacent to an activating group) is 1. The Balaban J connectivity index is 2.31. The molecule has 1 N–H and O–H groups in total. The van der Waals surface area contributed by atoms with Gasteiger partial charge in [0.05, 0.1) is 0 Å². The van der Waals surface area contributed by atoms with Gasteiger partial charge in [-0.3, -0.25) is 0 Å². The maximum Gasteiger partial charge on any atom is 0.128 e. The Labute approximate surface area is 126 Å². The number of hydrogen-bond donors (Lipinski definition) is 1. The monoisotopic (exact) mass is 339 g/mol. The van der Waals surface area contributed by atoms with Gasteiger partial charge in [-0.05, 0) is 44.2 Å². The molecule has 0 aromatic heterocycles. The minimum atomic E-state index is -0.289. The summed E-state index contributed by atoms with van der Waals surface area (Å²) in [5.74, 6) is -0.517. The Morgan fingerprint density at radius 3 is 2.55 bits per heavy atom. The van der Waals surface area contributed by atoms with E-state index in [1.807, 2.05) is 13.0 Å². The predicted molar refractivity (Wildman–Crippen MR) is 80.7 cm³/mol. The molecule has 2 aromatic carbocycles. The van der Waals surface area contributed by atoms with Crippen LogP contribution in [0.5, 0.6) is 0 Å². The molecule has 0 heterocycles. The van der Waals surface area contributed by atoms with Gasteiger partial charge >= 0.3 is 0 Å². The normalized spacial score (nSPS) is 12.4. The first-order valence-corrected chi connectivity index (χ1v) is 7.18. The van der Waals surface area contributed by atoms with E-state index in [2.05, 4.69) is 21.2 Å². The Kier molecular flexibility index (Phi) is 4.89. The molecule has 0 fully saturated rings. The van der Waals surface area contributed by atoms with E-state index in [1.165, 1.54) is 18.2 Å². The summed E-state index contributed by atoms with van der Waals surface area (Å²) in [6.45, 7) is 1.93. The topological polar surface area (TPSA) is 12.0 Å². The zero-order valence-electron chi connectivity index (χ0n) is 11.4. The average molecular weight is 340 g/mol. The lowest BCUT2D eigenvalue weighted by Gasteiger charge is -2.19. The van der Waals surface area contributed by atoms with Crippen molar-refractivity contribution in [2.24, 2.45) is 0 Å². The van der Waals surface area contributed by atoms with Crippen molar-refractivity contribution in [2.75, 3.05) is 7.05 Å². The van der Waals surface area contributed by atoms with E-state index in [9.17, 15) is 8.78 Å². The molecule has 0 aliphatic heterocycles. The van der Waals surface area contributed by atoms with Gasteiger partial charge in [0.1, 0.15) is 11.6 Å². The molecule has 106 valence electrons. The van der Waals surface area contributed by atoms with Crippen LogP contribution in [0.4, 0.5) is 8.78 Å². The second-order valence-corrected chi connectivity index (χ2v) is 5.66. The third kappa shape index (κ3) is 3.44. The predicted octanol–water partition coefficient (Wildman–Crippen LogP) is 4.54. The SMILES string of the molecule is CNC(Cc1ccc(F)cc1Br)c1cc(C)ccc1F. The molecular weight excluding hydrogens is 324 g/mol. The van der Waals surface area contributed by atoms with Crippen molar-refractivity contribution in [3.63, 3.8) is 0 Å². The summed E-state index contributed by atoms with van der Waals surface area (Å²) in [7, 11) is 1.80. The van der Waals surface area contributed by atoms with Gasteiger partial charge in [0, 0.05) is 16.1 Å². The smallest absolute Gasteiger partial charge is 0.128 e. The second kappa shape index (κ2) is 6.46. The van der Waals surface area contributed by atoms with E-state index < -0.39 is 0 Å². The van der Waals surface area contributed by atoms with Crippen molar-refractivity contribution in [3.05, 3.63) is 69.2 Å². The fraction of sp³-hybridized carbons (Fsp3) is 0.250. The first kappa shape index (κ1) is 15.1. The molecule has 0 aliphatic carbocycles. The number of halogens is 3. The first-order valence-electron chi connectivity index (χ1n) is 6.38. The van der Waals surface area contributed by atoms with E-state index in [1.54, 1.807) is 19.2 Å². The van der Waals surface area contributed by atoms with Crippen molar-refractivity contribution in [2.45, 2.75) is 19.4 Å². The standard InChI is InChI=1S/C16H16BrF2N/c1-10-3-6-15(19)13(7-10)16(20-2)8-11-4-5-12(18)9-14(11)17/h3-7,9,16,20H,8H2,1-2H3. The number of rotatable bonds is 4. The summed E-state index contributed by atoms with van der Waals surface area (Å²) in [5.41, 5.74) is 2.58. The molecule has 1 unspecified atom stereocenters. The Morgan fingerprint density at radius 1 is 1.15 bits per heavy atom. The molecule has 1 nitrogen and oxygen atoms in total. The molecule has 0 saturated carbocycles. The molecule has 0 bridgehead atoms. The summed E-state index contributed by atoms with van der Waals surface area (Å²) in [6, 6.07) is 9.48. The van der Waals surface area contributed by atoms with Crippen LogP contribution in [0.3, 0.4) is 0 Å². The molecule has 2 aromatic rings. The number of hydrogen-bond acceptors (Lipinski definition) is 1. The van der Waals surface area contributed by atoms with Crippen molar-refractivity contribution in [1.29, 1.82) is 0 Å². The summed E-state index contributed by atoms with van der Waals surface area (Å²) in [4.78, 5) is 0. The Morgan fingerprint density at radius 2 is 1.90 bits per heavy atom. The lowest BCUT2D eigenvalue weighted by Crippen LogP contribution is -2.20. The molecular formula is C16H16BrF2N. The fourth-order valence-electron chi connectivity index (χ4n) is 2.20. The van der Waals surface area contributed by atoms with Gasteiger partial charge in [0.15, 0.2) is 0 Å². The van der Waals surface area contributed by atoms with E-state index in [0.29, 0.717) is 16.5 Å². The highest BCUT2D eigenvalue weighted by Gasteiger charge is 2.16. The van der Waals surface area contributed by atoms with Crippen LogP contribution in [0.2, 0.25) is 0 Å². The van der Waals surface area contributed by atoms with E-state index >= 15 is 0 Å². The van der Waals surface area contributed by atoms with Crippen molar-refractivity contribution in [3.8, 4) is 0 Å². The third-order valence-electron chi connectivity index (χ3n) is 3.31. The highest BCUT2D eigenvalue weighted by molar-refractivity contribution is 9.10. The minimum Gasteiger partial charge on any atom is -0.313 e. The summed E-state index contributed by atoms with van der Waals surface area (Å²) < 4.78 is 27.8. The van der Waals surface area contributed by atoms with Gasteiger partial charge in [-0.1, -0.05) is 39.7 Å². The largest absolute Gasteiger partial charge is 0.313 e. The van der Waals surface area contributed by atoms with Crippen molar-refractivity contribution >= 4 is 15.9 Å². The number of aryl methyl sites for hydroxylation is 1. The molecule has 0 amide bonds. The van der Waals surface area contributed by atoms with E-state index in [0.717, 1.165) is 11.1 Å². The van der Waals surface area contributed by atoms with Crippen LogP contribution in [0.15, 0.2) is 40.9 Å². The summed E-state index contributed by atoms with van der Waals surface area (Å²) in [5, 5.41) is 3.12. The second-order valence-electron chi connectivity index (χ2n) is 4.81. The molecule has 0 radical (unpaired) electrons. The molecule has 4 heteroatoms. The van der Waals surface area contributed by atoms with Crippen molar-refractivity contribution < 1.29 is 8.78 Å². The quantitative estimate of drug-likeness (QED) is 0.862. The zero-order chi connectivity index (χ0) is 14.7. The maximum atomic E-state index is 14.0. The molecule has 0 aliphatic rings. The highest BCUT2D eigenvalue weighted by atomic mass is 79.9. The molecule has 20 heavy (non-hydrogen) atoms. The molecule has 2 rings (SSSR count). The van der Waals surface area contributed by atoms with Crippen LogP contribution in [-0.2, 0) is 6.42 Å². The van der Waals surface area contributed by atoms with Crippen LogP contribution in [-0.4, -0.2) is 7.05 Å². The van der Waals surface area contributed by atoms with Crippen LogP contribution in [0.25, 0.3) is 0 Å². The Bertz CT molecular complexity index is 613.